The number of allylic oxidation sites excluding steroid dienone is 2. The van der Waals surface area contributed by atoms with E-state index >= 15 is 0 Å². The fourth-order valence-corrected chi connectivity index (χ4v) is 0.492. The van der Waals surface area contributed by atoms with Crippen molar-refractivity contribution >= 4 is 17.5 Å². The first kappa shape index (κ1) is 11.7. The monoisotopic (exact) mass is 198 g/mol. The summed E-state index contributed by atoms with van der Waals surface area (Å²) in [5.41, 5.74) is 18.7. The van der Waals surface area contributed by atoms with Gasteiger partial charge in [-0.25, -0.2) is 4.79 Å². The molecule has 0 rings (SSSR count). The normalized spacial score (nSPS) is 4.93. The summed E-state index contributed by atoms with van der Waals surface area (Å²) in [6.45, 7) is 3.32. The summed E-state index contributed by atoms with van der Waals surface area (Å²) in [7, 11) is 0. The molecule has 2 heteroatoms. The molecule has 0 atom stereocenters. The Morgan fingerprint density at radius 1 is 1.07 bits per heavy atom. The van der Waals surface area contributed by atoms with E-state index in [0.717, 1.165) is 0 Å². The largest absolute Gasteiger partial charge is 0.223 e. The molecule has 0 radical (unpaired) electrons. The number of halogens is 1. The van der Waals surface area contributed by atoms with Crippen molar-refractivity contribution in [2.45, 2.75) is 0 Å². The van der Waals surface area contributed by atoms with Crippen molar-refractivity contribution in [1.29, 1.82) is 0 Å². The van der Waals surface area contributed by atoms with Gasteiger partial charge < -0.3 is 0 Å². The molecule has 0 unspecified atom stereocenters. The van der Waals surface area contributed by atoms with Crippen LogP contribution in [0, 0.1) is 0 Å². The smallest absolute Gasteiger partial charge is 0.186 e. The topological polar surface area (TPSA) is 17.1 Å². The maximum absolute atomic E-state index is 9.60. The van der Waals surface area contributed by atoms with Gasteiger partial charge in [-0.1, -0.05) is 18.2 Å². The molecule has 0 amide bonds. The fraction of sp³-hybridized carbons (Fsp3) is 0. The van der Waals surface area contributed by atoms with E-state index in [4.69, 9.17) is 11.6 Å². The average molecular weight is 199 g/mol. The minimum absolute atomic E-state index is 0.293. The van der Waals surface area contributed by atoms with Gasteiger partial charge in [-0.15, -0.1) is 5.73 Å². The van der Waals surface area contributed by atoms with E-state index in [0.29, 0.717) is 5.03 Å². The second-order valence-electron chi connectivity index (χ2n) is 1.67. The molecule has 0 saturated heterocycles. The van der Waals surface area contributed by atoms with Crippen molar-refractivity contribution in [2.75, 3.05) is 0 Å². The zero-order valence-corrected chi connectivity index (χ0v) is 7.83. The van der Waals surface area contributed by atoms with Crippen LogP contribution in [0.1, 0.15) is 0 Å². The van der Waals surface area contributed by atoms with Crippen LogP contribution >= 0.6 is 11.6 Å². The van der Waals surface area contributed by atoms with Crippen molar-refractivity contribution in [2.24, 2.45) is 0 Å². The maximum Gasteiger partial charge on any atom is 0.186 e. The van der Waals surface area contributed by atoms with Crippen molar-refractivity contribution < 1.29 is 4.79 Å². The van der Waals surface area contributed by atoms with Crippen LogP contribution in [0.4, 0.5) is 0 Å². The van der Waals surface area contributed by atoms with Gasteiger partial charge in [0, 0.05) is 23.3 Å². The van der Waals surface area contributed by atoms with Crippen LogP contribution in [-0.2, 0) is 4.79 Å². The molecule has 0 aliphatic heterocycles. The SMILES string of the molecule is C=C=CC(Cl)=C=C=C=C=C=C=C=C=O. The third kappa shape index (κ3) is 7.82. The third-order valence-corrected chi connectivity index (χ3v) is 0.978. The molecule has 0 N–H and O–H groups in total. The van der Waals surface area contributed by atoms with E-state index in [1.165, 1.54) is 12.0 Å². The Balaban J connectivity index is 5.42. The Labute approximate surface area is 86.3 Å². The molecule has 0 bridgehead atoms. The first-order valence-electron chi connectivity index (χ1n) is 3.32. The van der Waals surface area contributed by atoms with Gasteiger partial charge in [0.2, 0.25) is 0 Å². The quantitative estimate of drug-likeness (QED) is 0.359. The van der Waals surface area contributed by atoms with Gasteiger partial charge in [-0.2, -0.15) is 0 Å². The van der Waals surface area contributed by atoms with Gasteiger partial charge in [0.25, 0.3) is 0 Å². The van der Waals surface area contributed by atoms with Crippen molar-refractivity contribution in [3.05, 3.63) is 63.5 Å². The summed E-state index contributed by atoms with van der Waals surface area (Å²) >= 11 is 5.56. The van der Waals surface area contributed by atoms with E-state index in [1.807, 2.05) is 5.73 Å². The molecule has 14 heavy (non-hydrogen) atoms. The average Bonchev–Trinajstić information content (AvgIpc) is 2.17. The highest BCUT2D eigenvalue weighted by atomic mass is 35.5. The molecular formula is C12H3ClO. The van der Waals surface area contributed by atoms with E-state index in [2.05, 4.69) is 46.7 Å². The molecular weight excluding hydrogens is 196 g/mol. The predicted octanol–water partition coefficient (Wildman–Crippen LogP) is 2.37. The highest BCUT2D eigenvalue weighted by molar-refractivity contribution is 6.31. The summed E-state index contributed by atoms with van der Waals surface area (Å²) in [6.07, 6.45) is 1.42. The maximum atomic E-state index is 9.60. The van der Waals surface area contributed by atoms with Crippen LogP contribution in [0.15, 0.2) is 63.5 Å². The lowest BCUT2D eigenvalue weighted by atomic mass is 10.5. The van der Waals surface area contributed by atoms with Gasteiger partial charge >= 0.3 is 0 Å². The lowest BCUT2D eigenvalue weighted by molar-refractivity contribution is 0.569. The molecule has 1 nitrogen and oxygen atoms in total. The standard InChI is InChI=1S/C12H3ClO/c1-2-9-12(13)10-7-5-3-4-6-8-11-14/h9H,1H2. The Morgan fingerprint density at radius 3 is 2.21 bits per heavy atom. The van der Waals surface area contributed by atoms with E-state index in [-0.39, 0.29) is 0 Å². The number of carbonyl (C=O) groups excluding carboxylic acids is 1. The molecule has 0 aromatic heterocycles. The van der Waals surface area contributed by atoms with Gasteiger partial charge in [0.1, 0.15) is 0 Å². The Kier molecular flexibility index (Phi) is 7.38. The van der Waals surface area contributed by atoms with Crippen LogP contribution in [0.25, 0.3) is 0 Å². The zero-order valence-electron chi connectivity index (χ0n) is 7.07. The Morgan fingerprint density at radius 2 is 1.64 bits per heavy atom. The molecule has 0 saturated carbocycles. The predicted molar refractivity (Wildman–Crippen MR) is 53.4 cm³/mol. The second kappa shape index (κ2) is 8.81. The molecule has 0 aliphatic rings. The van der Waals surface area contributed by atoms with E-state index in [1.54, 1.807) is 0 Å². The Bertz CT molecular complexity index is 554. The van der Waals surface area contributed by atoms with Crippen LogP contribution in [0.2, 0.25) is 0 Å². The van der Waals surface area contributed by atoms with Crippen LogP contribution in [0.5, 0.6) is 0 Å². The van der Waals surface area contributed by atoms with E-state index in [9.17, 15) is 4.79 Å². The van der Waals surface area contributed by atoms with Gasteiger partial charge in [0.15, 0.2) is 5.94 Å². The molecule has 0 aromatic carbocycles. The number of rotatable bonds is 1. The summed E-state index contributed by atoms with van der Waals surface area (Å²) < 4.78 is 0. The van der Waals surface area contributed by atoms with Crippen LogP contribution < -0.4 is 0 Å². The fourth-order valence-electron chi connectivity index (χ4n) is 0.367. The minimum atomic E-state index is 0.293. The number of hydrogen-bond donors (Lipinski definition) is 0. The zero-order chi connectivity index (χ0) is 10.6. The summed E-state index contributed by atoms with van der Waals surface area (Å²) in [6, 6.07) is 0. The molecule has 0 aromatic rings. The second-order valence-corrected chi connectivity index (χ2v) is 2.08. The first-order valence-corrected chi connectivity index (χ1v) is 3.70. The number of hydrogen-bond acceptors (Lipinski definition) is 1. The first-order chi connectivity index (χ1) is 6.81. The van der Waals surface area contributed by atoms with Crippen LogP contribution in [0.3, 0.4) is 0 Å². The highest BCUT2D eigenvalue weighted by Crippen LogP contribution is 1.96. The highest BCUT2D eigenvalue weighted by Gasteiger charge is 1.73. The molecule has 0 aliphatic carbocycles. The van der Waals surface area contributed by atoms with E-state index < -0.39 is 0 Å². The molecule has 0 heterocycles. The Hall–Kier alpha value is -2.28. The summed E-state index contributed by atoms with van der Waals surface area (Å²) in [5.74, 6) is 1.37. The molecule has 0 spiro atoms. The lowest BCUT2D eigenvalue weighted by Gasteiger charge is -1.69. The molecule has 64 valence electrons. The van der Waals surface area contributed by atoms with Crippen molar-refractivity contribution in [3.8, 4) is 0 Å². The third-order valence-electron chi connectivity index (χ3n) is 0.774. The summed E-state index contributed by atoms with van der Waals surface area (Å²) in [4.78, 5) is 9.60. The van der Waals surface area contributed by atoms with Crippen molar-refractivity contribution in [1.82, 2.24) is 0 Å². The van der Waals surface area contributed by atoms with Gasteiger partial charge in [0.05, 0.1) is 5.03 Å². The minimum Gasteiger partial charge on any atom is -0.223 e. The molecule has 0 fully saturated rings. The summed E-state index contributed by atoms with van der Waals surface area (Å²) in [5, 5.41) is 0.293. The van der Waals surface area contributed by atoms with Crippen molar-refractivity contribution in [3.63, 3.8) is 0 Å². The lowest BCUT2D eigenvalue weighted by Crippen LogP contribution is -1.49. The van der Waals surface area contributed by atoms with Gasteiger partial charge in [-0.05, 0) is 22.9 Å². The van der Waals surface area contributed by atoms with Crippen LogP contribution in [-0.4, -0.2) is 5.94 Å². The van der Waals surface area contributed by atoms with Gasteiger partial charge in [-0.3, -0.25) is 0 Å².